The Bertz CT molecular complexity index is 1570. The zero-order valence-electron chi connectivity index (χ0n) is 19.9. The molecule has 2 aromatic heterocycles. The van der Waals surface area contributed by atoms with Crippen LogP contribution in [0, 0.1) is 5.41 Å². The maximum Gasteiger partial charge on any atom is 0.228 e. The summed E-state index contributed by atoms with van der Waals surface area (Å²) in [7, 11) is 1.62. The first-order chi connectivity index (χ1) is 17.2. The minimum absolute atomic E-state index is 0.0650. The summed E-state index contributed by atoms with van der Waals surface area (Å²) in [6, 6.07) is 12.9. The Kier molecular flexibility index (Phi) is 5.32. The van der Waals surface area contributed by atoms with Crippen molar-refractivity contribution in [3.8, 4) is 23.0 Å². The molecule has 1 aliphatic carbocycles. The van der Waals surface area contributed by atoms with Crippen LogP contribution in [-0.2, 0) is 4.79 Å². The Morgan fingerprint density at radius 2 is 1.89 bits per heavy atom. The van der Waals surface area contributed by atoms with Crippen LogP contribution in [0.3, 0.4) is 0 Å². The van der Waals surface area contributed by atoms with E-state index in [1.807, 2.05) is 24.3 Å². The van der Waals surface area contributed by atoms with Crippen LogP contribution in [0.5, 0.6) is 11.6 Å². The molecule has 182 valence electrons. The molecular weight excluding hydrogens is 499 g/mol. The molecular formula is C27H22Cl2N4O3. The van der Waals surface area contributed by atoms with Crippen LogP contribution in [0.2, 0.25) is 10.0 Å². The summed E-state index contributed by atoms with van der Waals surface area (Å²) >= 11 is 12.5. The maximum absolute atomic E-state index is 13.5. The van der Waals surface area contributed by atoms with E-state index in [0.29, 0.717) is 62.7 Å². The van der Waals surface area contributed by atoms with E-state index >= 15 is 0 Å². The molecule has 2 aliphatic rings. The number of nitrogens with zero attached hydrogens (tertiary/aromatic N) is 4. The lowest BCUT2D eigenvalue weighted by atomic mass is 9.70. The van der Waals surface area contributed by atoms with Crippen LogP contribution in [0.4, 0.5) is 0 Å². The summed E-state index contributed by atoms with van der Waals surface area (Å²) in [6.45, 7) is 4.15. The minimum atomic E-state index is -0.410. The standard InChI is InChI=1S/C27H22Cl2N4O3/c1-27(2)11-19(34)22-20(12-27)36-26-23(21(22)14-4-7-16(35-3)8-5-14)25-31-24(32-33(25)13-30-26)17-9-6-15(28)10-18(17)29/h4-10,13,21H,11-12H2,1-3H3/t21-/m0/s1. The number of hydrogen-bond donors (Lipinski definition) is 0. The van der Waals surface area contributed by atoms with Gasteiger partial charge in [0.15, 0.2) is 17.3 Å². The molecule has 1 atom stereocenters. The second kappa shape index (κ2) is 8.32. The van der Waals surface area contributed by atoms with Gasteiger partial charge in [-0.25, -0.2) is 14.5 Å². The number of Topliss-reactive ketones (excluding diaryl/α,β-unsaturated/α-hetero) is 1. The Morgan fingerprint density at radius 3 is 2.61 bits per heavy atom. The molecule has 0 spiro atoms. The molecule has 4 aromatic rings. The molecule has 9 heteroatoms. The highest BCUT2D eigenvalue weighted by molar-refractivity contribution is 6.36. The predicted octanol–water partition coefficient (Wildman–Crippen LogP) is 6.27. The third kappa shape index (κ3) is 3.74. The van der Waals surface area contributed by atoms with Gasteiger partial charge in [0.1, 0.15) is 17.8 Å². The van der Waals surface area contributed by atoms with Gasteiger partial charge < -0.3 is 9.47 Å². The van der Waals surface area contributed by atoms with Crippen molar-refractivity contribution in [1.82, 2.24) is 19.6 Å². The number of carbonyl (C=O) groups excluding carboxylic acids is 1. The number of aromatic nitrogens is 4. The Hall–Kier alpha value is -3.42. The third-order valence-corrected chi connectivity index (χ3v) is 7.23. The molecule has 0 saturated carbocycles. The lowest BCUT2D eigenvalue weighted by Gasteiger charge is -2.37. The van der Waals surface area contributed by atoms with Gasteiger partial charge in [-0.1, -0.05) is 49.2 Å². The Morgan fingerprint density at radius 1 is 1.11 bits per heavy atom. The van der Waals surface area contributed by atoms with Crippen molar-refractivity contribution in [1.29, 1.82) is 0 Å². The number of allylic oxidation sites excluding steroid dienone is 2. The number of carbonyl (C=O) groups is 1. The first kappa shape index (κ1) is 23.0. The lowest BCUT2D eigenvalue weighted by molar-refractivity contribution is -0.118. The molecule has 0 radical (unpaired) electrons. The van der Waals surface area contributed by atoms with Crippen LogP contribution < -0.4 is 9.47 Å². The molecule has 7 nitrogen and oxygen atoms in total. The van der Waals surface area contributed by atoms with Crippen molar-refractivity contribution in [3.63, 3.8) is 0 Å². The fourth-order valence-corrected chi connectivity index (χ4v) is 5.55. The molecule has 1 aliphatic heterocycles. The van der Waals surface area contributed by atoms with Crippen LogP contribution in [0.15, 0.2) is 60.1 Å². The van der Waals surface area contributed by atoms with E-state index in [9.17, 15) is 4.79 Å². The Labute approximate surface area is 217 Å². The van der Waals surface area contributed by atoms with Gasteiger partial charge in [-0.15, -0.1) is 5.10 Å². The average molecular weight is 521 g/mol. The molecule has 6 rings (SSSR count). The average Bonchev–Trinajstić information content (AvgIpc) is 3.26. The fraction of sp³-hybridized carbons (Fsp3) is 0.259. The quantitative estimate of drug-likeness (QED) is 0.316. The Balaban J connectivity index is 1.59. The highest BCUT2D eigenvalue weighted by Crippen LogP contribution is 2.50. The monoisotopic (exact) mass is 520 g/mol. The van der Waals surface area contributed by atoms with Gasteiger partial charge in [0.2, 0.25) is 5.88 Å². The summed E-state index contributed by atoms with van der Waals surface area (Å²) in [5.74, 6) is 1.91. The number of halogens is 2. The van der Waals surface area contributed by atoms with E-state index in [1.54, 1.807) is 36.2 Å². The van der Waals surface area contributed by atoms with Crippen molar-refractivity contribution >= 4 is 34.6 Å². The van der Waals surface area contributed by atoms with Gasteiger partial charge in [0.25, 0.3) is 0 Å². The third-order valence-electron chi connectivity index (χ3n) is 6.68. The number of benzene rings is 2. The zero-order valence-corrected chi connectivity index (χ0v) is 21.4. The molecule has 0 bridgehead atoms. The first-order valence-electron chi connectivity index (χ1n) is 11.5. The zero-order chi connectivity index (χ0) is 25.2. The summed E-state index contributed by atoms with van der Waals surface area (Å²) in [6.07, 6.45) is 2.65. The van der Waals surface area contributed by atoms with Crippen molar-refractivity contribution < 1.29 is 14.3 Å². The largest absolute Gasteiger partial charge is 0.497 e. The molecule has 0 N–H and O–H groups in total. The molecule has 2 aromatic carbocycles. The number of methoxy groups -OCH3 is 1. The molecule has 0 amide bonds. The van der Waals surface area contributed by atoms with Crippen LogP contribution in [-0.4, -0.2) is 32.5 Å². The van der Waals surface area contributed by atoms with E-state index in [2.05, 4.69) is 23.9 Å². The SMILES string of the molecule is COc1ccc([C@H]2C3=C(CC(C)(C)CC3=O)Oc3ncn4nc(-c5ccc(Cl)cc5Cl)nc4c32)cc1. The van der Waals surface area contributed by atoms with Gasteiger partial charge in [0.05, 0.1) is 17.7 Å². The summed E-state index contributed by atoms with van der Waals surface area (Å²) in [5, 5.41) is 5.59. The highest BCUT2D eigenvalue weighted by atomic mass is 35.5. The second-order valence-corrected chi connectivity index (χ2v) is 10.7. The van der Waals surface area contributed by atoms with Crippen molar-refractivity contribution in [3.05, 3.63) is 81.3 Å². The number of fused-ring (bicyclic) bond motifs is 3. The van der Waals surface area contributed by atoms with E-state index in [-0.39, 0.29) is 11.2 Å². The van der Waals surface area contributed by atoms with Gasteiger partial charge in [0, 0.05) is 34.9 Å². The van der Waals surface area contributed by atoms with Crippen molar-refractivity contribution in [2.24, 2.45) is 5.41 Å². The molecule has 0 fully saturated rings. The minimum Gasteiger partial charge on any atom is -0.497 e. The summed E-state index contributed by atoms with van der Waals surface area (Å²) in [5.41, 5.74) is 3.26. The first-order valence-corrected chi connectivity index (χ1v) is 12.3. The summed E-state index contributed by atoms with van der Waals surface area (Å²) < 4.78 is 13.3. The van der Waals surface area contributed by atoms with E-state index in [1.165, 1.54) is 0 Å². The molecule has 0 unspecified atom stereocenters. The number of ether oxygens (including phenoxy) is 2. The molecule has 3 heterocycles. The molecule has 36 heavy (non-hydrogen) atoms. The van der Waals surface area contributed by atoms with Crippen LogP contribution in [0.1, 0.15) is 43.7 Å². The number of ketones is 1. The lowest BCUT2D eigenvalue weighted by Crippen LogP contribution is -2.33. The topological polar surface area (TPSA) is 78.6 Å². The van der Waals surface area contributed by atoms with E-state index < -0.39 is 5.92 Å². The van der Waals surface area contributed by atoms with Gasteiger partial charge in [-0.05, 0) is 41.3 Å². The van der Waals surface area contributed by atoms with Gasteiger partial charge in [-0.2, -0.15) is 0 Å². The highest BCUT2D eigenvalue weighted by Gasteiger charge is 2.44. The van der Waals surface area contributed by atoms with E-state index in [4.69, 9.17) is 37.7 Å². The summed E-state index contributed by atoms with van der Waals surface area (Å²) in [4.78, 5) is 23.0. The number of rotatable bonds is 3. The predicted molar refractivity (Wildman–Crippen MR) is 137 cm³/mol. The second-order valence-electron chi connectivity index (χ2n) is 9.88. The van der Waals surface area contributed by atoms with E-state index in [0.717, 1.165) is 11.3 Å². The van der Waals surface area contributed by atoms with Gasteiger partial charge in [-0.3, -0.25) is 4.79 Å². The maximum atomic E-state index is 13.5. The van der Waals surface area contributed by atoms with Crippen molar-refractivity contribution in [2.45, 2.75) is 32.6 Å². The molecule has 0 saturated heterocycles. The van der Waals surface area contributed by atoms with Crippen molar-refractivity contribution in [2.75, 3.05) is 7.11 Å². The van der Waals surface area contributed by atoms with Gasteiger partial charge >= 0.3 is 0 Å². The normalized spacial score (nSPS) is 18.6. The smallest absolute Gasteiger partial charge is 0.228 e. The van der Waals surface area contributed by atoms with Crippen LogP contribution >= 0.6 is 23.2 Å². The number of hydrogen-bond acceptors (Lipinski definition) is 6. The van der Waals surface area contributed by atoms with Crippen LogP contribution in [0.25, 0.3) is 17.0 Å². The fourth-order valence-electron chi connectivity index (χ4n) is 5.06.